The van der Waals surface area contributed by atoms with E-state index in [9.17, 15) is 8.42 Å². The summed E-state index contributed by atoms with van der Waals surface area (Å²) in [5.41, 5.74) is 1.55. The predicted octanol–water partition coefficient (Wildman–Crippen LogP) is 1.69. The Balaban J connectivity index is 2.43. The molecule has 16 heavy (non-hydrogen) atoms. The fourth-order valence-electron chi connectivity index (χ4n) is 1.77. The molecule has 2 rings (SSSR count). The molecule has 0 aliphatic carbocycles. The molecule has 0 spiro atoms. The van der Waals surface area contributed by atoms with Crippen LogP contribution in [0.1, 0.15) is 12.0 Å². The van der Waals surface area contributed by atoms with Gasteiger partial charge in [-0.05, 0) is 37.1 Å². The molecule has 1 aliphatic heterocycles. The second-order valence-electron chi connectivity index (χ2n) is 3.76. The molecular formula is C10H13ClN2O2S. The van der Waals surface area contributed by atoms with Crippen LogP contribution in [-0.2, 0) is 10.2 Å². The van der Waals surface area contributed by atoms with Gasteiger partial charge in [-0.3, -0.25) is 4.31 Å². The van der Waals surface area contributed by atoms with Crippen molar-refractivity contribution in [1.82, 2.24) is 4.72 Å². The lowest BCUT2D eigenvalue weighted by atomic mass is 10.2. The molecule has 6 heteroatoms. The minimum atomic E-state index is -3.37. The summed E-state index contributed by atoms with van der Waals surface area (Å²) < 4.78 is 27.5. The SMILES string of the molecule is Cc1cc(Cl)ccc1N1CCCNS1(=O)=O. The van der Waals surface area contributed by atoms with E-state index in [-0.39, 0.29) is 0 Å². The number of hydrogen-bond donors (Lipinski definition) is 1. The maximum Gasteiger partial charge on any atom is 0.301 e. The van der Waals surface area contributed by atoms with E-state index in [1.165, 1.54) is 4.31 Å². The van der Waals surface area contributed by atoms with Crippen LogP contribution in [0.2, 0.25) is 5.02 Å². The van der Waals surface area contributed by atoms with Gasteiger partial charge >= 0.3 is 10.2 Å². The molecule has 1 N–H and O–H groups in total. The molecule has 0 saturated carbocycles. The number of hydrogen-bond acceptors (Lipinski definition) is 2. The number of benzene rings is 1. The quantitative estimate of drug-likeness (QED) is 0.836. The van der Waals surface area contributed by atoms with Crippen molar-refractivity contribution >= 4 is 27.5 Å². The Morgan fingerprint density at radius 1 is 1.44 bits per heavy atom. The molecule has 0 unspecified atom stereocenters. The zero-order chi connectivity index (χ0) is 11.8. The van der Waals surface area contributed by atoms with Crippen LogP contribution in [-0.4, -0.2) is 21.5 Å². The monoisotopic (exact) mass is 260 g/mol. The van der Waals surface area contributed by atoms with E-state index in [2.05, 4.69) is 4.72 Å². The number of halogens is 1. The Morgan fingerprint density at radius 3 is 2.81 bits per heavy atom. The summed E-state index contributed by atoms with van der Waals surface area (Å²) in [5, 5.41) is 0.614. The van der Waals surface area contributed by atoms with Crippen LogP contribution in [0.5, 0.6) is 0 Å². The molecule has 1 heterocycles. The highest BCUT2D eigenvalue weighted by molar-refractivity contribution is 7.90. The van der Waals surface area contributed by atoms with Crippen LogP contribution in [0.4, 0.5) is 5.69 Å². The van der Waals surface area contributed by atoms with Crippen molar-refractivity contribution in [3.8, 4) is 0 Å². The Kier molecular flexibility index (Phi) is 3.10. The molecule has 0 aromatic heterocycles. The van der Waals surface area contributed by atoms with Gasteiger partial charge in [0.1, 0.15) is 0 Å². The summed E-state index contributed by atoms with van der Waals surface area (Å²) in [5.74, 6) is 0. The van der Waals surface area contributed by atoms with Crippen LogP contribution < -0.4 is 9.03 Å². The Bertz CT molecular complexity index is 502. The normalized spacial score (nSPS) is 19.8. The lowest BCUT2D eigenvalue weighted by Gasteiger charge is -2.29. The Morgan fingerprint density at radius 2 is 2.19 bits per heavy atom. The third kappa shape index (κ3) is 2.16. The lowest BCUT2D eigenvalue weighted by Crippen LogP contribution is -2.47. The second-order valence-corrected chi connectivity index (χ2v) is 5.87. The van der Waals surface area contributed by atoms with Crippen LogP contribution in [0.3, 0.4) is 0 Å². The van der Waals surface area contributed by atoms with Gasteiger partial charge < -0.3 is 0 Å². The van der Waals surface area contributed by atoms with Crippen LogP contribution in [0.15, 0.2) is 18.2 Å². The van der Waals surface area contributed by atoms with Gasteiger partial charge in [0, 0.05) is 18.1 Å². The molecular weight excluding hydrogens is 248 g/mol. The van der Waals surface area contributed by atoms with Crippen molar-refractivity contribution in [1.29, 1.82) is 0 Å². The summed E-state index contributed by atoms with van der Waals surface area (Å²) >= 11 is 5.84. The van der Waals surface area contributed by atoms with Crippen LogP contribution in [0, 0.1) is 6.92 Å². The number of anilines is 1. The Labute approximate surface area is 100 Å². The van der Waals surface area contributed by atoms with Crippen molar-refractivity contribution in [3.05, 3.63) is 28.8 Å². The molecule has 0 radical (unpaired) electrons. The zero-order valence-corrected chi connectivity index (χ0v) is 10.5. The first kappa shape index (κ1) is 11.7. The van der Waals surface area contributed by atoms with Gasteiger partial charge in [0.15, 0.2) is 0 Å². The molecule has 1 fully saturated rings. The van der Waals surface area contributed by atoms with Crippen molar-refractivity contribution in [2.24, 2.45) is 0 Å². The fraction of sp³-hybridized carbons (Fsp3) is 0.400. The van der Waals surface area contributed by atoms with Crippen molar-refractivity contribution in [2.45, 2.75) is 13.3 Å². The highest BCUT2D eigenvalue weighted by Gasteiger charge is 2.26. The molecule has 0 atom stereocenters. The zero-order valence-electron chi connectivity index (χ0n) is 8.90. The average Bonchev–Trinajstić information content (AvgIpc) is 2.19. The van der Waals surface area contributed by atoms with E-state index in [1.807, 2.05) is 6.92 Å². The first-order valence-electron chi connectivity index (χ1n) is 5.04. The molecule has 1 aromatic carbocycles. The van der Waals surface area contributed by atoms with Crippen molar-refractivity contribution < 1.29 is 8.42 Å². The van der Waals surface area contributed by atoms with Gasteiger partial charge in [-0.1, -0.05) is 11.6 Å². The Hall–Kier alpha value is -0.780. The molecule has 1 aliphatic rings. The molecule has 0 amide bonds. The highest BCUT2D eigenvalue weighted by Crippen LogP contribution is 2.26. The van der Waals surface area contributed by atoms with Crippen molar-refractivity contribution in [2.75, 3.05) is 17.4 Å². The summed E-state index contributed by atoms with van der Waals surface area (Å²) in [6, 6.07) is 5.21. The van der Waals surface area contributed by atoms with Crippen molar-refractivity contribution in [3.63, 3.8) is 0 Å². The third-order valence-corrected chi connectivity index (χ3v) is 4.30. The number of nitrogens with one attached hydrogen (secondary N) is 1. The van der Waals surface area contributed by atoms with E-state index in [4.69, 9.17) is 11.6 Å². The van der Waals surface area contributed by atoms with Crippen LogP contribution >= 0.6 is 11.6 Å². The fourth-order valence-corrected chi connectivity index (χ4v) is 3.39. The summed E-state index contributed by atoms with van der Waals surface area (Å²) in [4.78, 5) is 0. The van der Waals surface area contributed by atoms with Gasteiger partial charge in [-0.25, -0.2) is 0 Å². The predicted molar refractivity (Wildman–Crippen MR) is 65.1 cm³/mol. The number of aryl methyl sites for hydroxylation is 1. The maximum atomic E-state index is 11.8. The van der Waals surface area contributed by atoms with E-state index in [0.29, 0.717) is 23.8 Å². The van der Waals surface area contributed by atoms with Crippen LogP contribution in [0.25, 0.3) is 0 Å². The third-order valence-electron chi connectivity index (χ3n) is 2.54. The minimum absolute atomic E-state index is 0.505. The molecule has 1 aromatic rings. The number of nitrogens with zero attached hydrogens (tertiary/aromatic N) is 1. The molecule has 88 valence electrons. The minimum Gasteiger partial charge on any atom is -0.258 e. The van der Waals surface area contributed by atoms with E-state index in [1.54, 1.807) is 18.2 Å². The molecule has 1 saturated heterocycles. The summed E-state index contributed by atoms with van der Waals surface area (Å²) in [6.45, 7) is 2.87. The van der Waals surface area contributed by atoms with E-state index in [0.717, 1.165) is 12.0 Å². The first-order chi connectivity index (χ1) is 7.50. The molecule has 4 nitrogen and oxygen atoms in total. The van der Waals surface area contributed by atoms with Gasteiger partial charge in [-0.15, -0.1) is 0 Å². The summed E-state index contributed by atoms with van der Waals surface area (Å²) in [7, 11) is -3.37. The second kappa shape index (κ2) is 4.24. The van der Waals surface area contributed by atoms with Gasteiger partial charge in [0.25, 0.3) is 0 Å². The highest BCUT2D eigenvalue weighted by atomic mass is 35.5. The standard InChI is InChI=1S/C10H13ClN2O2S/c1-8-7-9(11)3-4-10(8)13-6-2-5-12-16(13,14)15/h3-4,7,12H,2,5-6H2,1H3. The smallest absolute Gasteiger partial charge is 0.258 e. The van der Waals surface area contributed by atoms with E-state index >= 15 is 0 Å². The molecule has 0 bridgehead atoms. The topological polar surface area (TPSA) is 49.4 Å². The summed E-state index contributed by atoms with van der Waals surface area (Å²) in [6.07, 6.45) is 0.807. The average molecular weight is 261 g/mol. The first-order valence-corrected chi connectivity index (χ1v) is 6.86. The number of rotatable bonds is 1. The van der Waals surface area contributed by atoms with E-state index < -0.39 is 10.2 Å². The largest absolute Gasteiger partial charge is 0.301 e. The van der Waals surface area contributed by atoms with Gasteiger partial charge in [0.05, 0.1) is 5.69 Å². The maximum absolute atomic E-state index is 11.8. The van der Waals surface area contributed by atoms with Gasteiger partial charge in [-0.2, -0.15) is 13.1 Å². The lowest BCUT2D eigenvalue weighted by molar-refractivity contribution is 0.560. The van der Waals surface area contributed by atoms with Gasteiger partial charge in [0.2, 0.25) is 0 Å².